The molecule has 0 aliphatic heterocycles. The lowest BCUT2D eigenvalue weighted by Gasteiger charge is -2.03. The van der Waals surface area contributed by atoms with Gasteiger partial charge in [-0.3, -0.25) is 0 Å². The molecule has 3 rings (SSSR count). The van der Waals surface area contributed by atoms with Crippen molar-refractivity contribution >= 4 is 39.0 Å². The molecule has 3 nitrogen and oxygen atoms in total. The molecule has 0 radical (unpaired) electrons. The van der Waals surface area contributed by atoms with Gasteiger partial charge in [-0.25, -0.2) is 9.97 Å². The van der Waals surface area contributed by atoms with Crippen molar-refractivity contribution in [2.45, 2.75) is 16.3 Å². The van der Waals surface area contributed by atoms with E-state index in [9.17, 15) is 0 Å². The van der Waals surface area contributed by atoms with Gasteiger partial charge in [0.25, 0.3) is 0 Å². The third-order valence-corrected chi connectivity index (χ3v) is 4.75. The van der Waals surface area contributed by atoms with Crippen LogP contribution in [0.15, 0.2) is 45.9 Å². The summed E-state index contributed by atoms with van der Waals surface area (Å²) in [4.78, 5) is 8.87. The lowest BCUT2D eigenvalue weighted by Crippen LogP contribution is -1.94. The normalized spacial score (nSPS) is 10.9. The van der Waals surface area contributed by atoms with E-state index in [0.29, 0.717) is 0 Å². The van der Waals surface area contributed by atoms with Gasteiger partial charge in [0, 0.05) is 6.20 Å². The molecule has 0 atom stereocenters. The SMILES string of the molecule is Cc1ccnc(Sc2nc3ccccc3s2)c1N. The zero-order chi connectivity index (χ0) is 12.5. The number of benzene rings is 1. The Bertz CT molecular complexity index is 673. The molecular formula is C13H11N3S2. The van der Waals surface area contributed by atoms with Crippen LogP contribution < -0.4 is 5.73 Å². The Morgan fingerprint density at radius 1 is 1.22 bits per heavy atom. The highest BCUT2D eigenvalue weighted by Crippen LogP contribution is 2.36. The Balaban J connectivity index is 1.99. The van der Waals surface area contributed by atoms with Gasteiger partial charge in [0.15, 0.2) is 4.34 Å². The molecule has 0 amide bonds. The summed E-state index contributed by atoms with van der Waals surface area (Å²) in [7, 11) is 0. The number of pyridine rings is 1. The fourth-order valence-electron chi connectivity index (χ4n) is 1.60. The second-order valence-corrected chi connectivity index (χ2v) is 6.16. The number of nitrogens with two attached hydrogens (primary N) is 1. The van der Waals surface area contributed by atoms with Gasteiger partial charge in [-0.15, -0.1) is 11.3 Å². The van der Waals surface area contributed by atoms with E-state index in [0.717, 1.165) is 26.1 Å². The monoisotopic (exact) mass is 273 g/mol. The van der Waals surface area contributed by atoms with E-state index in [1.54, 1.807) is 17.5 Å². The number of hydrogen-bond acceptors (Lipinski definition) is 5. The molecule has 0 aliphatic carbocycles. The van der Waals surface area contributed by atoms with Crippen LogP contribution in [0.2, 0.25) is 0 Å². The van der Waals surface area contributed by atoms with Crippen molar-refractivity contribution in [2.75, 3.05) is 5.73 Å². The lowest BCUT2D eigenvalue weighted by atomic mass is 10.3. The standard InChI is InChI=1S/C13H11N3S2/c1-8-6-7-15-12(11(8)14)18-13-16-9-4-2-3-5-10(9)17-13/h2-7H,14H2,1H3. The van der Waals surface area contributed by atoms with Gasteiger partial charge < -0.3 is 5.73 Å². The van der Waals surface area contributed by atoms with Crippen LogP contribution in [0.4, 0.5) is 5.69 Å². The number of thiazole rings is 1. The second-order valence-electron chi connectivity index (χ2n) is 3.90. The molecule has 2 heterocycles. The highest BCUT2D eigenvalue weighted by molar-refractivity contribution is 8.01. The summed E-state index contributed by atoms with van der Waals surface area (Å²) in [6, 6.07) is 10.0. The van der Waals surface area contributed by atoms with Gasteiger partial charge in [-0.05, 0) is 42.4 Å². The number of aromatic nitrogens is 2. The molecule has 2 N–H and O–H groups in total. The molecule has 0 fully saturated rings. The van der Waals surface area contributed by atoms with Gasteiger partial charge in [-0.2, -0.15) is 0 Å². The van der Waals surface area contributed by atoms with Crippen LogP contribution >= 0.6 is 23.1 Å². The van der Waals surface area contributed by atoms with E-state index < -0.39 is 0 Å². The van der Waals surface area contributed by atoms with Crippen molar-refractivity contribution in [1.29, 1.82) is 0 Å². The van der Waals surface area contributed by atoms with E-state index in [-0.39, 0.29) is 0 Å². The zero-order valence-electron chi connectivity index (χ0n) is 9.75. The van der Waals surface area contributed by atoms with Crippen LogP contribution in [-0.2, 0) is 0 Å². The van der Waals surface area contributed by atoms with Crippen LogP contribution in [0.25, 0.3) is 10.2 Å². The summed E-state index contributed by atoms with van der Waals surface area (Å²) < 4.78 is 2.16. The first-order valence-electron chi connectivity index (χ1n) is 5.48. The number of nitrogens with zero attached hydrogens (tertiary/aromatic N) is 2. The molecule has 0 unspecified atom stereocenters. The molecule has 0 spiro atoms. The number of fused-ring (bicyclic) bond motifs is 1. The quantitative estimate of drug-likeness (QED) is 0.773. The number of anilines is 1. The summed E-state index contributed by atoms with van der Waals surface area (Å²) in [5.41, 5.74) is 8.83. The maximum Gasteiger partial charge on any atom is 0.157 e. The molecular weight excluding hydrogens is 262 g/mol. The molecule has 2 aromatic heterocycles. The van der Waals surface area contributed by atoms with E-state index >= 15 is 0 Å². The fourth-order valence-corrected chi connectivity index (χ4v) is 3.67. The average molecular weight is 273 g/mol. The van der Waals surface area contributed by atoms with E-state index in [2.05, 4.69) is 16.0 Å². The number of nitrogen functional groups attached to an aromatic ring is 1. The Hall–Kier alpha value is -1.59. The lowest BCUT2D eigenvalue weighted by molar-refractivity contribution is 1.12. The molecule has 18 heavy (non-hydrogen) atoms. The van der Waals surface area contributed by atoms with Gasteiger partial charge in [0.2, 0.25) is 0 Å². The van der Waals surface area contributed by atoms with Crippen LogP contribution in [-0.4, -0.2) is 9.97 Å². The number of para-hydroxylation sites is 1. The Kier molecular flexibility index (Phi) is 2.93. The van der Waals surface area contributed by atoms with Gasteiger partial charge in [0.05, 0.1) is 15.9 Å². The van der Waals surface area contributed by atoms with Crippen molar-refractivity contribution in [3.63, 3.8) is 0 Å². The highest BCUT2D eigenvalue weighted by Gasteiger charge is 2.09. The minimum Gasteiger partial charge on any atom is -0.396 e. The Morgan fingerprint density at radius 3 is 2.89 bits per heavy atom. The van der Waals surface area contributed by atoms with Crippen LogP contribution in [0.3, 0.4) is 0 Å². The highest BCUT2D eigenvalue weighted by atomic mass is 32.2. The van der Waals surface area contributed by atoms with Crippen molar-refractivity contribution in [1.82, 2.24) is 9.97 Å². The van der Waals surface area contributed by atoms with Gasteiger partial charge >= 0.3 is 0 Å². The number of rotatable bonds is 2. The van der Waals surface area contributed by atoms with Gasteiger partial charge in [0.1, 0.15) is 5.03 Å². The molecule has 5 heteroatoms. The molecule has 90 valence electrons. The minimum atomic E-state index is 0.738. The van der Waals surface area contributed by atoms with Gasteiger partial charge in [-0.1, -0.05) is 12.1 Å². The molecule has 1 aromatic carbocycles. The topological polar surface area (TPSA) is 51.8 Å². The first-order valence-corrected chi connectivity index (χ1v) is 7.12. The second kappa shape index (κ2) is 4.59. The number of hydrogen-bond donors (Lipinski definition) is 1. The Morgan fingerprint density at radius 2 is 2.06 bits per heavy atom. The molecule has 0 aliphatic rings. The predicted molar refractivity (Wildman–Crippen MR) is 77.1 cm³/mol. The molecule has 0 bridgehead atoms. The van der Waals surface area contributed by atoms with Crippen LogP contribution in [0, 0.1) is 6.92 Å². The largest absolute Gasteiger partial charge is 0.396 e. The third kappa shape index (κ3) is 2.07. The average Bonchev–Trinajstić information content (AvgIpc) is 2.77. The maximum atomic E-state index is 6.02. The van der Waals surface area contributed by atoms with Crippen molar-refractivity contribution < 1.29 is 0 Å². The number of aryl methyl sites for hydroxylation is 1. The fraction of sp³-hybridized carbons (Fsp3) is 0.0769. The summed E-state index contributed by atoms with van der Waals surface area (Å²) >= 11 is 3.19. The summed E-state index contributed by atoms with van der Waals surface area (Å²) in [6.45, 7) is 1.99. The Labute approximate surface area is 113 Å². The van der Waals surface area contributed by atoms with Crippen LogP contribution in [0.5, 0.6) is 0 Å². The maximum absolute atomic E-state index is 6.02. The molecule has 0 saturated carbocycles. The van der Waals surface area contributed by atoms with E-state index in [1.807, 2.05) is 31.2 Å². The predicted octanol–water partition coefficient (Wildman–Crippen LogP) is 3.73. The minimum absolute atomic E-state index is 0.738. The molecule has 3 aromatic rings. The molecule has 0 saturated heterocycles. The van der Waals surface area contributed by atoms with Crippen molar-refractivity contribution in [3.8, 4) is 0 Å². The van der Waals surface area contributed by atoms with Crippen LogP contribution in [0.1, 0.15) is 5.56 Å². The first-order chi connectivity index (χ1) is 8.74. The third-order valence-electron chi connectivity index (χ3n) is 2.63. The van der Waals surface area contributed by atoms with E-state index in [4.69, 9.17) is 5.73 Å². The first kappa shape index (κ1) is 11.5. The summed E-state index contributed by atoms with van der Waals surface area (Å²) in [5, 5.41) is 0.828. The zero-order valence-corrected chi connectivity index (χ0v) is 11.4. The summed E-state index contributed by atoms with van der Waals surface area (Å²) in [5.74, 6) is 0. The summed E-state index contributed by atoms with van der Waals surface area (Å²) in [6.07, 6.45) is 1.78. The van der Waals surface area contributed by atoms with E-state index in [1.165, 1.54) is 16.5 Å². The van der Waals surface area contributed by atoms with Crippen molar-refractivity contribution in [2.24, 2.45) is 0 Å². The van der Waals surface area contributed by atoms with Crippen molar-refractivity contribution in [3.05, 3.63) is 42.1 Å². The smallest absolute Gasteiger partial charge is 0.157 e.